The van der Waals surface area contributed by atoms with Crippen LogP contribution in [0.5, 0.6) is 0 Å². The Morgan fingerprint density at radius 2 is 1.96 bits per heavy atom. The van der Waals surface area contributed by atoms with Gasteiger partial charge in [0.2, 0.25) is 10.0 Å². The lowest BCUT2D eigenvalue weighted by atomic mass is 10.1. The third-order valence-corrected chi connectivity index (χ3v) is 6.07. The lowest BCUT2D eigenvalue weighted by Crippen LogP contribution is -2.38. The number of amides is 1. The summed E-state index contributed by atoms with van der Waals surface area (Å²) in [7, 11) is 0.0719. The summed E-state index contributed by atoms with van der Waals surface area (Å²) in [6.45, 7) is 6.03. The van der Waals surface area contributed by atoms with Crippen molar-refractivity contribution in [3.8, 4) is 0 Å². The molecule has 3 N–H and O–H groups in total. The highest BCUT2D eigenvalue weighted by Crippen LogP contribution is 2.05. The molecule has 1 aromatic carbocycles. The second-order valence-corrected chi connectivity index (χ2v) is 8.66. The lowest BCUT2D eigenvalue weighted by Gasteiger charge is -2.15. The van der Waals surface area contributed by atoms with Crippen LogP contribution in [0.4, 0.5) is 0 Å². The minimum atomic E-state index is -3.14. The molecule has 9 heteroatoms. The molecule has 0 fully saturated rings. The van der Waals surface area contributed by atoms with Crippen LogP contribution in [0.1, 0.15) is 36.2 Å². The van der Waals surface area contributed by atoms with Gasteiger partial charge in [-0.2, -0.15) is 0 Å². The van der Waals surface area contributed by atoms with Gasteiger partial charge in [-0.1, -0.05) is 12.1 Å². The molecule has 1 rings (SSSR count). The zero-order valence-corrected chi connectivity index (χ0v) is 18.1. The zero-order valence-electron chi connectivity index (χ0n) is 17.3. The number of nitrogens with one attached hydrogen (secondary N) is 3. The van der Waals surface area contributed by atoms with Gasteiger partial charge in [-0.05, 0) is 44.4 Å². The van der Waals surface area contributed by atoms with Crippen molar-refractivity contribution in [3.05, 3.63) is 35.4 Å². The van der Waals surface area contributed by atoms with Crippen molar-refractivity contribution in [2.45, 2.75) is 26.7 Å². The molecule has 0 saturated heterocycles. The Bertz CT molecular complexity index is 750. The Hall–Kier alpha value is -2.13. The van der Waals surface area contributed by atoms with Gasteiger partial charge in [-0.25, -0.2) is 12.7 Å². The molecule has 0 unspecified atom stereocenters. The van der Waals surface area contributed by atoms with E-state index in [9.17, 15) is 13.2 Å². The molecule has 0 radical (unpaired) electrons. The van der Waals surface area contributed by atoms with E-state index in [1.807, 2.05) is 25.1 Å². The first-order valence-corrected chi connectivity index (χ1v) is 11.2. The summed E-state index contributed by atoms with van der Waals surface area (Å²) < 4.78 is 24.8. The highest BCUT2D eigenvalue weighted by atomic mass is 32.2. The van der Waals surface area contributed by atoms with Gasteiger partial charge in [-0.15, -0.1) is 0 Å². The maximum Gasteiger partial charge on any atom is 0.251 e. The number of carbonyl (C=O) groups excluding carboxylic acids is 1. The van der Waals surface area contributed by atoms with Crippen molar-refractivity contribution in [1.29, 1.82) is 0 Å². The van der Waals surface area contributed by atoms with Gasteiger partial charge in [0.25, 0.3) is 5.91 Å². The van der Waals surface area contributed by atoms with Crippen molar-refractivity contribution in [1.82, 2.24) is 20.3 Å². The molecule has 0 heterocycles. The molecule has 0 spiro atoms. The van der Waals surface area contributed by atoms with E-state index >= 15 is 0 Å². The number of guanidine groups is 1. The Balaban J connectivity index is 2.50. The lowest BCUT2D eigenvalue weighted by molar-refractivity contribution is 0.0963. The normalized spacial score (nSPS) is 12.1. The minimum absolute atomic E-state index is 0.0974. The zero-order chi connectivity index (χ0) is 21.0. The maximum absolute atomic E-state index is 11.7. The first-order chi connectivity index (χ1) is 13.3. The first-order valence-electron chi connectivity index (χ1n) is 9.61. The van der Waals surface area contributed by atoms with E-state index in [4.69, 9.17) is 0 Å². The maximum atomic E-state index is 11.7. The van der Waals surface area contributed by atoms with E-state index in [1.165, 1.54) is 4.31 Å². The van der Waals surface area contributed by atoms with Crippen LogP contribution in [0.2, 0.25) is 0 Å². The highest BCUT2D eigenvalue weighted by molar-refractivity contribution is 7.89. The quantitative estimate of drug-likeness (QED) is 0.284. The van der Waals surface area contributed by atoms with Crippen LogP contribution >= 0.6 is 0 Å². The van der Waals surface area contributed by atoms with Gasteiger partial charge >= 0.3 is 0 Å². The number of rotatable bonds is 11. The van der Waals surface area contributed by atoms with Crippen molar-refractivity contribution in [3.63, 3.8) is 0 Å². The van der Waals surface area contributed by atoms with Gasteiger partial charge < -0.3 is 16.0 Å². The van der Waals surface area contributed by atoms with E-state index in [0.717, 1.165) is 18.5 Å². The van der Waals surface area contributed by atoms with Crippen molar-refractivity contribution in [2.75, 3.05) is 46.0 Å². The van der Waals surface area contributed by atoms with Crippen molar-refractivity contribution in [2.24, 2.45) is 4.99 Å². The molecule has 0 atom stereocenters. The summed E-state index contributed by atoms with van der Waals surface area (Å²) in [5.74, 6) is 0.712. The van der Waals surface area contributed by atoms with Gasteiger partial charge in [0.1, 0.15) is 0 Å². The summed E-state index contributed by atoms with van der Waals surface area (Å²) in [6, 6.07) is 7.54. The van der Waals surface area contributed by atoms with Crippen LogP contribution in [0.3, 0.4) is 0 Å². The summed E-state index contributed by atoms with van der Waals surface area (Å²) >= 11 is 0. The molecule has 0 saturated carbocycles. The average Bonchev–Trinajstić information content (AvgIpc) is 2.70. The van der Waals surface area contributed by atoms with E-state index in [-0.39, 0.29) is 11.7 Å². The second-order valence-electron chi connectivity index (χ2n) is 6.29. The first kappa shape index (κ1) is 23.9. The number of hydrogen-bond acceptors (Lipinski definition) is 4. The third kappa shape index (κ3) is 8.26. The van der Waals surface area contributed by atoms with Crippen molar-refractivity contribution < 1.29 is 13.2 Å². The SMILES string of the molecule is CCNC(=NCCCN(C)S(=O)(=O)CC)NCCc1cccc(C(=O)NC)c1. The highest BCUT2D eigenvalue weighted by Gasteiger charge is 2.13. The Morgan fingerprint density at radius 3 is 2.61 bits per heavy atom. The molecule has 28 heavy (non-hydrogen) atoms. The van der Waals surface area contributed by atoms with Crippen LogP contribution in [0.25, 0.3) is 0 Å². The Kier molecular flexibility index (Phi) is 10.5. The number of aliphatic imine (C=N–C) groups is 1. The largest absolute Gasteiger partial charge is 0.357 e. The van der Waals surface area contributed by atoms with Gasteiger partial charge in [0.15, 0.2) is 5.96 Å². The minimum Gasteiger partial charge on any atom is -0.357 e. The summed E-state index contributed by atoms with van der Waals surface area (Å²) in [5.41, 5.74) is 1.71. The molecule has 158 valence electrons. The molecular weight excluding hydrogens is 378 g/mol. The summed E-state index contributed by atoms with van der Waals surface area (Å²) in [5, 5.41) is 9.07. The molecule has 0 aliphatic carbocycles. The third-order valence-electron chi connectivity index (χ3n) is 4.21. The van der Waals surface area contributed by atoms with Crippen LogP contribution in [0, 0.1) is 0 Å². The molecule has 0 aromatic heterocycles. The Morgan fingerprint density at radius 1 is 1.21 bits per heavy atom. The fourth-order valence-electron chi connectivity index (χ4n) is 2.52. The van der Waals surface area contributed by atoms with Crippen LogP contribution < -0.4 is 16.0 Å². The predicted molar refractivity (Wildman–Crippen MR) is 114 cm³/mol. The number of carbonyl (C=O) groups is 1. The predicted octanol–water partition coefficient (Wildman–Crippen LogP) is 0.815. The second kappa shape index (κ2) is 12.4. The van der Waals surface area contributed by atoms with E-state index in [2.05, 4.69) is 20.9 Å². The fraction of sp³-hybridized carbons (Fsp3) is 0.579. The fourth-order valence-corrected chi connectivity index (χ4v) is 3.37. The van der Waals surface area contributed by atoms with E-state index < -0.39 is 10.0 Å². The van der Waals surface area contributed by atoms with Crippen LogP contribution in [-0.4, -0.2) is 70.6 Å². The van der Waals surface area contributed by atoms with Crippen LogP contribution in [-0.2, 0) is 16.4 Å². The number of hydrogen-bond donors (Lipinski definition) is 3. The molecule has 0 bridgehead atoms. The van der Waals surface area contributed by atoms with Gasteiger partial charge in [0, 0.05) is 45.8 Å². The molecular formula is C19H33N5O3S. The molecule has 1 amide bonds. The standard InChI is InChI=1S/C19H33N5O3S/c1-5-21-19(22-12-8-14-24(4)28(26,27)6-2)23-13-11-16-9-7-10-17(15-16)18(25)20-3/h7,9-10,15H,5-6,8,11-14H2,1-4H3,(H,20,25)(H2,21,22,23). The van der Waals surface area contributed by atoms with E-state index in [0.29, 0.717) is 37.6 Å². The van der Waals surface area contributed by atoms with Gasteiger partial charge in [-0.3, -0.25) is 9.79 Å². The van der Waals surface area contributed by atoms with Crippen LogP contribution in [0.15, 0.2) is 29.3 Å². The molecule has 1 aromatic rings. The molecule has 8 nitrogen and oxygen atoms in total. The number of sulfonamides is 1. The smallest absolute Gasteiger partial charge is 0.251 e. The average molecular weight is 412 g/mol. The molecule has 0 aliphatic heterocycles. The number of nitrogens with zero attached hydrogens (tertiary/aromatic N) is 2. The number of benzene rings is 1. The Labute approximate surface area is 168 Å². The van der Waals surface area contributed by atoms with E-state index in [1.54, 1.807) is 27.1 Å². The van der Waals surface area contributed by atoms with Gasteiger partial charge in [0.05, 0.1) is 5.75 Å². The molecule has 0 aliphatic rings. The summed E-state index contributed by atoms with van der Waals surface area (Å²) in [4.78, 5) is 16.2. The monoisotopic (exact) mass is 411 g/mol. The summed E-state index contributed by atoms with van der Waals surface area (Å²) in [6.07, 6.45) is 1.41. The van der Waals surface area contributed by atoms with Crippen molar-refractivity contribution >= 4 is 21.9 Å². The topological polar surface area (TPSA) is 103 Å².